The van der Waals surface area contributed by atoms with Gasteiger partial charge in [-0.2, -0.15) is 16.9 Å². The lowest BCUT2D eigenvalue weighted by molar-refractivity contribution is -0.137. The van der Waals surface area contributed by atoms with Gasteiger partial charge in [0.15, 0.2) is 17.7 Å². The molecule has 2 aromatic rings. The van der Waals surface area contributed by atoms with Gasteiger partial charge in [-0.05, 0) is 6.42 Å². The summed E-state index contributed by atoms with van der Waals surface area (Å²) in [6, 6.07) is 0. The van der Waals surface area contributed by atoms with Crippen LogP contribution in [0, 0.1) is 5.41 Å². The van der Waals surface area contributed by atoms with Crippen LogP contribution in [0.1, 0.15) is 97.6 Å². The molecule has 11 N–H and O–H groups in total. The summed E-state index contributed by atoms with van der Waals surface area (Å²) in [6.45, 7) is 2.95. The van der Waals surface area contributed by atoms with E-state index in [0.29, 0.717) is 18.7 Å². The number of ether oxygens (including phenoxy) is 1. The number of rotatable bonds is 28. The van der Waals surface area contributed by atoms with Gasteiger partial charge < -0.3 is 56.0 Å². The van der Waals surface area contributed by atoms with Crippen LogP contribution in [0.25, 0.3) is 11.2 Å². The normalized spacial score (nSPS) is 20.4. The summed E-state index contributed by atoms with van der Waals surface area (Å²) >= 11 is 3.95. The fourth-order valence-corrected chi connectivity index (χ4v) is 8.66. The highest BCUT2D eigenvalue weighted by Crippen LogP contribution is 2.61. The Bertz CT molecular complexity index is 1870. The monoisotopic (exact) mass is 967 g/mol. The Labute approximate surface area is 363 Å². The van der Waals surface area contributed by atoms with Gasteiger partial charge in [0.25, 0.3) is 0 Å². The van der Waals surface area contributed by atoms with Crippen molar-refractivity contribution >= 4 is 70.9 Å². The lowest BCUT2D eigenvalue weighted by atomic mass is 9.87. The van der Waals surface area contributed by atoms with Crippen LogP contribution in [0.15, 0.2) is 12.7 Å². The minimum absolute atomic E-state index is 0.0363. The number of nitrogens with zero attached hydrogens (tertiary/aromatic N) is 4. The first-order valence-electron chi connectivity index (χ1n) is 19.6. The number of imidazole rings is 1. The average molecular weight is 968 g/mol. The molecule has 25 nitrogen and oxygen atoms in total. The van der Waals surface area contributed by atoms with Crippen molar-refractivity contribution in [2.45, 2.75) is 122 Å². The van der Waals surface area contributed by atoms with E-state index < -0.39 is 84.6 Å². The van der Waals surface area contributed by atoms with Crippen LogP contribution >= 0.6 is 36.1 Å². The van der Waals surface area contributed by atoms with Crippen molar-refractivity contribution in [1.29, 1.82) is 0 Å². The molecule has 7 atom stereocenters. The molecule has 0 spiro atoms. The highest BCUT2D eigenvalue weighted by Gasteiger charge is 2.50. The number of aliphatic hydroxyl groups is 2. The van der Waals surface area contributed by atoms with Crippen molar-refractivity contribution in [2.24, 2.45) is 5.41 Å². The highest BCUT2D eigenvalue weighted by molar-refractivity contribution is 7.80. The molecule has 29 heteroatoms. The lowest BCUT2D eigenvalue weighted by Gasteiger charge is -2.30. The van der Waals surface area contributed by atoms with Gasteiger partial charge in [0.05, 0.1) is 19.5 Å². The molecule has 1 aliphatic rings. The summed E-state index contributed by atoms with van der Waals surface area (Å²) in [6.07, 6.45) is 4.74. The van der Waals surface area contributed by atoms with Crippen molar-refractivity contribution in [3.63, 3.8) is 0 Å². The number of nitrogens with one attached hydrogen (secondary N) is 2. The van der Waals surface area contributed by atoms with Crippen LogP contribution in [0.5, 0.6) is 0 Å². The first-order valence-corrected chi connectivity index (χ1v) is 24.8. The number of hydrogen-bond acceptors (Lipinski definition) is 18. The van der Waals surface area contributed by atoms with E-state index >= 15 is 0 Å². The number of phosphoric ester groups is 3. The number of aromatic nitrogens is 4. The minimum Gasteiger partial charge on any atom is -0.481 e. The molecule has 0 radical (unpaired) electrons. The number of fused-ring (bicyclic) bond motifs is 1. The number of phosphoric acid groups is 3. The zero-order valence-corrected chi connectivity index (χ0v) is 38.2. The highest BCUT2D eigenvalue weighted by atomic mass is 32.1. The molecule has 0 aliphatic carbocycles. The number of aliphatic carboxylic acids is 1. The number of thiol groups is 1. The number of nitrogens with two attached hydrogens (primary N) is 1. The Morgan fingerprint density at radius 3 is 2.15 bits per heavy atom. The van der Waals surface area contributed by atoms with Crippen molar-refractivity contribution < 1.29 is 85.6 Å². The van der Waals surface area contributed by atoms with Crippen LogP contribution < -0.4 is 16.4 Å². The van der Waals surface area contributed by atoms with Gasteiger partial charge in [0.2, 0.25) is 11.8 Å². The van der Waals surface area contributed by atoms with Gasteiger partial charge in [0.1, 0.15) is 36.3 Å². The van der Waals surface area contributed by atoms with Crippen LogP contribution in [-0.4, -0.2) is 129 Å². The number of hydrogen-bond donors (Lipinski definition) is 11. The summed E-state index contributed by atoms with van der Waals surface area (Å²) in [7, 11) is -16.3. The molecule has 3 heterocycles. The first-order chi connectivity index (χ1) is 28.9. The van der Waals surface area contributed by atoms with Gasteiger partial charge in [0, 0.05) is 37.1 Å². The van der Waals surface area contributed by atoms with Crippen LogP contribution in [0.4, 0.5) is 5.82 Å². The van der Waals surface area contributed by atoms with Crippen LogP contribution in [-0.2, 0) is 50.7 Å². The Morgan fingerprint density at radius 1 is 0.935 bits per heavy atom. The Morgan fingerprint density at radius 2 is 1.55 bits per heavy atom. The van der Waals surface area contributed by atoms with E-state index in [0.717, 1.165) is 30.1 Å². The maximum Gasteiger partial charge on any atom is 0.481 e. The van der Waals surface area contributed by atoms with Gasteiger partial charge >= 0.3 is 29.4 Å². The molecule has 0 aromatic carbocycles. The summed E-state index contributed by atoms with van der Waals surface area (Å²) < 4.78 is 61.7. The number of carboxylic acids is 1. The third-order valence-corrected chi connectivity index (χ3v) is 12.3. The number of aliphatic hydroxyl groups excluding tert-OH is 2. The standard InChI is InChI=1S/C21H36N7O16P3S.C12H24O2/c1-21(2,16(31)19(32)24-4-3-12(29)23-5-6-48)8-41-47(38,39)44-46(36,37)40-7-11-15(43-45(33,34)35)14(30)20(42-11)28-10-27-13-17(22)25-9-26-18(13)28;1-2-3-4-5-6-7-8-9-10-11-12(13)14/h9-11,14-16,20,30-31,48H,3-8H2,1-2H3,(H,23,29)(H,24,32)(H,36,37)(H,38,39)(H2,22,25,26)(H2,33,34,35);2-11H2,1H3,(H,13,14)/t11-,14-,15-,16+,20-;/m1./s1. The van der Waals surface area contributed by atoms with Gasteiger partial charge in [-0.3, -0.25) is 32.5 Å². The largest absolute Gasteiger partial charge is 0.481 e. The van der Waals surface area contributed by atoms with Crippen molar-refractivity contribution in [2.75, 3.05) is 37.8 Å². The minimum atomic E-state index is -5.54. The molecule has 2 aromatic heterocycles. The van der Waals surface area contributed by atoms with Crippen LogP contribution in [0.2, 0.25) is 0 Å². The molecule has 356 valence electrons. The third kappa shape index (κ3) is 20.0. The quantitative estimate of drug-likeness (QED) is 0.0331. The molecule has 0 bridgehead atoms. The number of unbranched alkanes of at least 4 members (excludes halogenated alkanes) is 8. The van der Waals surface area contributed by atoms with E-state index in [1.807, 2.05) is 0 Å². The number of amides is 2. The van der Waals surface area contributed by atoms with Crippen molar-refractivity contribution in [3.05, 3.63) is 12.7 Å². The Hall–Kier alpha value is -2.64. The fourth-order valence-electron chi connectivity index (χ4n) is 5.72. The molecule has 2 amide bonds. The van der Waals surface area contributed by atoms with Gasteiger partial charge in [-0.1, -0.05) is 72.1 Å². The number of carbonyl (C=O) groups excluding carboxylic acids is 2. The second-order valence-corrected chi connectivity index (χ2v) is 19.4. The predicted molar refractivity (Wildman–Crippen MR) is 223 cm³/mol. The summed E-state index contributed by atoms with van der Waals surface area (Å²) in [5.41, 5.74) is 4.30. The van der Waals surface area contributed by atoms with E-state index in [2.05, 4.69) is 54.0 Å². The van der Waals surface area contributed by atoms with Crippen molar-refractivity contribution in [3.8, 4) is 0 Å². The van der Waals surface area contributed by atoms with E-state index in [9.17, 15) is 57.9 Å². The van der Waals surface area contributed by atoms with E-state index in [-0.39, 0.29) is 35.9 Å². The van der Waals surface area contributed by atoms with Gasteiger partial charge in [-0.25, -0.2) is 28.6 Å². The van der Waals surface area contributed by atoms with Gasteiger partial charge in [-0.15, -0.1) is 0 Å². The van der Waals surface area contributed by atoms with E-state index in [1.165, 1.54) is 58.8 Å². The molecule has 1 saturated heterocycles. The number of carboxylic acid groups (broad SMARTS) is 1. The Balaban J connectivity index is 0.000000807. The molecule has 0 saturated carbocycles. The fraction of sp³-hybridized carbons (Fsp3) is 0.758. The molecular weight excluding hydrogens is 907 g/mol. The Kier molecular flexibility index (Phi) is 23.6. The molecule has 3 rings (SSSR count). The maximum absolute atomic E-state index is 12.6. The lowest BCUT2D eigenvalue weighted by Crippen LogP contribution is -2.46. The SMILES string of the molecule is CC(C)(COP(=O)(O)OP(=O)(O)OC[C@H]1O[C@@H](n2cnc3c(N)ncnc32)[C@H](O)[C@@H]1OP(=O)(O)O)[C@@H](O)C(=O)NCCC(=O)NCCS.CCCCCCCCCCCC(=O)O. The van der Waals surface area contributed by atoms with E-state index in [1.54, 1.807) is 0 Å². The maximum atomic E-state index is 12.6. The smallest absolute Gasteiger partial charge is 0.481 e. The predicted octanol–water partition coefficient (Wildman–Crippen LogP) is 2.33. The summed E-state index contributed by atoms with van der Waals surface area (Å²) in [4.78, 5) is 84.8. The summed E-state index contributed by atoms with van der Waals surface area (Å²) in [5.74, 6) is -1.60. The molecule has 1 fully saturated rings. The zero-order valence-electron chi connectivity index (χ0n) is 34.6. The van der Waals surface area contributed by atoms with E-state index in [4.69, 9.17) is 24.6 Å². The topological polar surface area (TPSA) is 384 Å². The second-order valence-electron chi connectivity index (χ2n) is 14.8. The third-order valence-electron chi connectivity index (χ3n) is 9.01. The molecule has 2 unspecified atom stereocenters. The number of nitrogen functional groups attached to an aromatic ring is 1. The first kappa shape index (κ1) is 55.5. The summed E-state index contributed by atoms with van der Waals surface area (Å²) in [5, 5.41) is 34.5. The number of anilines is 1. The molecule has 1 aliphatic heterocycles. The second kappa shape index (κ2) is 26.4. The van der Waals surface area contributed by atoms with Crippen LogP contribution in [0.3, 0.4) is 0 Å². The average Bonchev–Trinajstić information content (AvgIpc) is 3.74. The molecule has 62 heavy (non-hydrogen) atoms. The molecular formula is C33H60N7O18P3S. The van der Waals surface area contributed by atoms with Crippen molar-refractivity contribution in [1.82, 2.24) is 30.2 Å². The number of carbonyl (C=O) groups is 3. The zero-order chi connectivity index (χ0) is 46.7.